The molecule has 0 saturated heterocycles. The van der Waals surface area contributed by atoms with Crippen molar-refractivity contribution in [3.63, 3.8) is 0 Å². The maximum atomic E-state index is 12.4. The van der Waals surface area contributed by atoms with E-state index in [9.17, 15) is 9.90 Å². The molecule has 8 heteroatoms. The predicted octanol–water partition coefficient (Wildman–Crippen LogP) is 4.24. The highest BCUT2D eigenvalue weighted by molar-refractivity contribution is 6.09. The van der Waals surface area contributed by atoms with Crippen LogP contribution in [-0.4, -0.2) is 43.5 Å². The summed E-state index contributed by atoms with van der Waals surface area (Å²) < 4.78 is 12.9. The van der Waals surface area contributed by atoms with Crippen molar-refractivity contribution >= 4 is 33.8 Å². The van der Waals surface area contributed by atoms with E-state index in [0.29, 0.717) is 35.8 Å². The summed E-state index contributed by atoms with van der Waals surface area (Å²) in [4.78, 5) is 21.8. The summed E-state index contributed by atoms with van der Waals surface area (Å²) in [5, 5.41) is 14.1. The molecule has 0 aliphatic rings. The molecule has 2 heterocycles. The number of amides is 1. The molecule has 0 bridgehead atoms. The van der Waals surface area contributed by atoms with E-state index in [-0.39, 0.29) is 6.61 Å². The number of nitrogens with zero attached hydrogens (tertiary/aromatic N) is 3. The average Bonchev–Trinajstić information content (AvgIpc) is 2.95. The van der Waals surface area contributed by atoms with Crippen molar-refractivity contribution < 1.29 is 19.4 Å². The molecule has 0 spiro atoms. The van der Waals surface area contributed by atoms with Gasteiger partial charge in [-0.05, 0) is 47.6 Å². The summed E-state index contributed by atoms with van der Waals surface area (Å²) in [6.45, 7) is 11.9. The first-order valence-corrected chi connectivity index (χ1v) is 10.1. The first-order chi connectivity index (χ1) is 14.0. The summed E-state index contributed by atoms with van der Waals surface area (Å²) >= 11 is 0. The highest BCUT2D eigenvalue weighted by atomic mass is 16.6. The van der Waals surface area contributed by atoms with Crippen LogP contribution in [0.25, 0.3) is 21.9 Å². The third-order valence-electron chi connectivity index (χ3n) is 4.26. The number of fused-ring (bicyclic) bond motifs is 3. The van der Waals surface area contributed by atoms with Gasteiger partial charge in [0, 0.05) is 12.0 Å². The molecule has 3 aromatic rings. The SMILES string of the molecule is CCOCc1nc2c(NC(=O)OC(C)(C)C)nc3ccccc3c2n1CC(C)(C)O. The maximum Gasteiger partial charge on any atom is 0.413 e. The third-order valence-corrected chi connectivity index (χ3v) is 4.26. The number of nitrogens with one attached hydrogen (secondary N) is 1. The molecule has 2 aromatic heterocycles. The number of aromatic nitrogens is 3. The Bertz CT molecular complexity index is 1060. The zero-order valence-corrected chi connectivity index (χ0v) is 18.4. The van der Waals surface area contributed by atoms with Crippen LogP contribution in [0, 0.1) is 0 Å². The Labute approximate surface area is 176 Å². The van der Waals surface area contributed by atoms with E-state index in [1.165, 1.54) is 0 Å². The van der Waals surface area contributed by atoms with Gasteiger partial charge in [0.25, 0.3) is 0 Å². The van der Waals surface area contributed by atoms with Gasteiger partial charge in [-0.1, -0.05) is 18.2 Å². The van der Waals surface area contributed by atoms with E-state index in [0.717, 1.165) is 10.9 Å². The average molecular weight is 415 g/mol. The second kappa shape index (κ2) is 8.20. The Kier molecular flexibility index (Phi) is 6.01. The molecule has 0 atom stereocenters. The first-order valence-electron chi connectivity index (χ1n) is 10.1. The van der Waals surface area contributed by atoms with Crippen LogP contribution in [0.3, 0.4) is 0 Å². The fourth-order valence-electron chi connectivity index (χ4n) is 3.23. The predicted molar refractivity (Wildman–Crippen MR) is 117 cm³/mol. The van der Waals surface area contributed by atoms with Crippen molar-refractivity contribution in [1.82, 2.24) is 14.5 Å². The van der Waals surface area contributed by atoms with Crippen molar-refractivity contribution in [1.29, 1.82) is 0 Å². The minimum Gasteiger partial charge on any atom is -0.444 e. The van der Waals surface area contributed by atoms with E-state index < -0.39 is 17.3 Å². The van der Waals surface area contributed by atoms with Gasteiger partial charge >= 0.3 is 6.09 Å². The summed E-state index contributed by atoms with van der Waals surface area (Å²) in [5.74, 6) is 0.963. The highest BCUT2D eigenvalue weighted by Gasteiger charge is 2.24. The second-order valence-corrected chi connectivity index (χ2v) is 8.87. The number of pyridine rings is 1. The number of ether oxygens (including phenoxy) is 2. The molecule has 1 amide bonds. The fraction of sp³-hybridized carbons (Fsp3) is 0.500. The maximum absolute atomic E-state index is 12.4. The molecular weight excluding hydrogens is 384 g/mol. The number of anilines is 1. The fourth-order valence-corrected chi connectivity index (χ4v) is 3.23. The largest absolute Gasteiger partial charge is 0.444 e. The Balaban J connectivity index is 2.22. The van der Waals surface area contributed by atoms with Crippen LogP contribution < -0.4 is 5.32 Å². The standard InChI is InChI=1S/C22H30N4O4/c1-7-29-12-16-24-17-18(26(16)13-22(5,6)28)14-10-8-9-11-15(14)23-19(17)25-20(27)30-21(2,3)4/h8-11,28H,7,12-13H2,1-6H3,(H,23,25,27). The summed E-state index contributed by atoms with van der Waals surface area (Å²) in [6.07, 6.45) is -0.602. The molecule has 3 rings (SSSR count). The lowest BCUT2D eigenvalue weighted by Crippen LogP contribution is -2.28. The minimum atomic E-state index is -0.974. The van der Waals surface area contributed by atoms with Gasteiger partial charge in [-0.3, -0.25) is 5.32 Å². The monoisotopic (exact) mass is 414 g/mol. The second-order valence-electron chi connectivity index (χ2n) is 8.87. The lowest BCUT2D eigenvalue weighted by Gasteiger charge is -2.21. The van der Waals surface area contributed by atoms with Crippen molar-refractivity contribution in [2.75, 3.05) is 11.9 Å². The van der Waals surface area contributed by atoms with Gasteiger partial charge in [0.2, 0.25) is 0 Å². The van der Waals surface area contributed by atoms with E-state index in [1.807, 2.05) is 35.8 Å². The zero-order chi connectivity index (χ0) is 22.1. The molecule has 2 N–H and O–H groups in total. The lowest BCUT2D eigenvalue weighted by atomic mass is 10.1. The molecular formula is C22H30N4O4. The highest BCUT2D eigenvalue weighted by Crippen LogP contribution is 2.31. The van der Waals surface area contributed by atoms with Crippen LogP contribution >= 0.6 is 0 Å². The van der Waals surface area contributed by atoms with Crippen LogP contribution in [0.5, 0.6) is 0 Å². The Morgan fingerprint density at radius 1 is 1.17 bits per heavy atom. The van der Waals surface area contributed by atoms with Crippen LogP contribution in [0.4, 0.5) is 10.6 Å². The van der Waals surface area contributed by atoms with Gasteiger partial charge < -0.3 is 19.1 Å². The molecule has 8 nitrogen and oxygen atoms in total. The zero-order valence-electron chi connectivity index (χ0n) is 18.4. The van der Waals surface area contributed by atoms with Gasteiger partial charge in [-0.15, -0.1) is 0 Å². The quantitative estimate of drug-likeness (QED) is 0.626. The number of para-hydroxylation sites is 1. The van der Waals surface area contributed by atoms with Crippen molar-refractivity contribution in [2.45, 2.75) is 65.9 Å². The Hall–Kier alpha value is -2.71. The first kappa shape index (κ1) is 22.0. The van der Waals surface area contributed by atoms with E-state index in [4.69, 9.17) is 14.5 Å². The summed E-state index contributed by atoms with van der Waals surface area (Å²) in [7, 11) is 0. The van der Waals surface area contributed by atoms with Gasteiger partial charge in [-0.25, -0.2) is 14.8 Å². The van der Waals surface area contributed by atoms with Crippen LogP contribution in [0.2, 0.25) is 0 Å². The number of aliphatic hydroxyl groups is 1. The van der Waals surface area contributed by atoms with E-state index in [2.05, 4.69) is 10.3 Å². The van der Waals surface area contributed by atoms with E-state index in [1.54, 1.807) is 34.6 Å². The molecule has 0 radical (unpaired) electrons. The van der Waals surface area contributed by atoms with Crippen molar-refractivity contribution in [2.24, 2.45) is 0 Å². The van der Waals surface area contributed by atoms with Crippen molar-refractivity contribution in [3.8, 4) is 0 Å². The molecule has 0 unspecified atom stereocenters. The number of carbonyl (C=O) groups is 1. The van der Waals surface area contributed by atoms with Crippen molar-refractivity contribution in [3.05, 3.63) is 30.1 Å². The molecule has 0 saturated carbocycles. The molecule has 0 aliphatic heterocycles. The number of hydrogen-bond acceptors (Lipinski definition) is 6. The van der Waals surface area contributed by atoms with Crippen LogP contribution in [0.15, 0.2) is 24.3 Å². The molecule has 0 fully saturated rings. The molecule has 0 aliphatic carbocycles. The Morgan fingerprint density at radius 2 is 1.87 bits per heavy atom. The minimum absolute atomic E-state index is 0.279. The normalized spacial score (nSPS) is 12.5. The summed E-state index contributed by atoms with van der Waals surface area (Å²) in [6, 6.07) is 7.64. The smallest absolute Gasteiger partial charge is 0.413 e. The number of carbonyl (C=O) groups excluding carboxylic acids is 1. The molecule has 1 aromatic carbocycles. The van der Waals surface area contributed by atoms with Gasteiger partial charge in [0.15, 0.2) is 5.82 Å². The third kappa shape index (κ3) is 5.06. The number of imidazole rings is 1. The topological polar surface area (TPSA) is 98.5 Å². The van der Waals surface area contributed by atoms with Gasteiger partial charge in [0.05, 0.1) is 23.2 Å². The van der Waals surface area contributed by atoms with Gasteiger partial charge in [-0.2, -0.15) is 0 Å². The van der Waals surface area contributed by atoms with Gasteiger partial charge in [0.1, 0.15) is 23.5 Å². The Morgan fingerprint density at radius 3 is 2.50 bits per heavy atom. The lowest BCUT2D eigenvalue weighted by molar-refractivity contribution is 0.0581. The number of hydrogen-bond donors (Lipinski definition) is 2. The number of rotatable bonds is 6. The van der Waals surface area contributed by atoms with Crippen LogP contribution in [-0.2, 0) is 22.6 Å². The van der Waals surface area contributed by atoms with Crippen LogP contribution in [0.1, 0.15) is 47.4 Å². The van der Waals surface area contributed by atoms with E-state index >= 15 is 0 Å². The molecule has 30 heavy (non-hydrogen) atoms. The number of benzene rings is 1. The summed E-state index contributed by atoms with van der Waals surface area (Å²) in [5.41, 5.74) is 0.399. The molecule has 162 valence electrons.